The van der Waals surface area contributed by atoms with Crippen LogP contribution in [0.5, 0.6) is 0 Å². The van der Waals surface area contributed by atoms with E-state index in [1.165, 1.54) is 5.56 Å². The average molecular weight is 270 g/mol. The Kier molecular flexibility index (Phi) is 6.38. The number of nitrogens with one attached hydrogen (secondary N) is 1. The Bertz CT molecular complexity index is 365. The minimum absolute atomic E-state index is 0.00600. The lowest BCUT2D eigenvalue weighted by molar-refractivity contribution is 0.0755. The highest BCUT2D eigenvalue weighted by Gasteiger charge is 2.23. The smallest absolute Gasteiger partial charge is 0.251 e. The zero-order valence-corrected chi connectivity index (χ0v) is 12.2. The molecule has 0 bridgehead atoms. The van der Waals surface area contributed by atoms with Crippen LogP contribution in [0.1, 0.15) is 31.0 Å². The fourth-order valence-corrected chi connectivity index (χ4v) is 2.29. The largest absolute Gasteiger partial charge is 0.312 e. The van der Waals surface area contributed by atoms with Crippen molar-refractivity contribution in [2.24, 2.45) is 0 Å². The number of alkyl halides is 2. The number of likely N-dealkylation sites (N-methyl/N-ethyl adjacent to an activating group) is 2. The second kappa shape index (κ2) is 7.56. The van der Waals surface area contributed by atoms with Crippen LogP contribution in [0.4, 0.5) is 8.78 Å². The second-order valence-electron chi connectivity index (χ2n) is 4.93. The van der Waals surface area contributed by atoms with Crippen LogP contribution < -0.4 is 5.32 Å². The first-order valence-corrected chi connectivity index (χ1v) is 6.74. The van der Waals surface area contributed by atoms with Gasteiger partial charge in [0.1, 0.15) is 0 Å². The Morgan fingerprint density at radius 2 is 1.79 bits per heavy atom. The summed E-state index contributed by atoms with van der Waals surface area (Å²) in [5, 5.41) is 3.22. The van der Waals surface area contributed by atoms with Gasteiger partial charge in [-0.3, -0.25) is 4.90 Å². The molecule has 1 N–H and O–H groups in total. The van der Waals surface area contributed by atoms with Crippen LogP contribution in [0.25, 0.3) is 0 Å². The molecule has 1 aromatic carbocycles. The molecule has 0 aromatic heterocycles. The Morgan fingerprint density at radius 1 is 1.21 bits per heavy atom. The van der Waals surface area contributed by atoms with E-state index in [0.717, 1.165) is 12.0 Å². The molecule has 0 aliphatic heterocycles. The summed E-state index contributed by atoms with van der Waals surface area (Å²) in [6.07, 6.45) is -1.29. The van der Waals surface area contributed by atoms with Crippen molar-refractivity contribution in [2.45, 2.75) is 38.8 Å². The molecule has 0 aliphatic carbocycles. The van der Waals surface area contributed by atoms with Crippen LogP contribution >= 0.6 is 0 Å². The van der Waals surface area contributed by atoms with E-state index in [1.807, 2.05) is 14.0 Å². The fraction of sp³-hybridized carbons (Fsp3) is 0.600. The molecule has 1 rings (SSSR count). The molecule has 108 valence electrons. The van der Waals surface area contributed by atoms with Gasteiger partial charge in [0.05, 0.1) is 6.54 Å². The van der Waals surface area contributed by atoms with Crippen molar-refractivity contribution in [3.05, 3.63) is 35.4 Å². The highest BCUT2D eigenvalue weighted by atomic mass is 19.3. The fourth-order valence-electron chi connectivity index (χ4n) is 2.29. The maximum absolute atomic E-state index is 12.5. The molecule has 0 amide bonds. The van der Waals surface area contributed by atoms with Crippen molar-refractivity contribution in [1.29, 1.82) is 0 Å². The molecule has 0 heterocycles. The van der Waals surface area contributed by atoms with Crippen LogP contribution in [-0.4, -0.2) is 38.0 Å². The van der Waals surface area contributed by atoms with Gasteiger partial charge in [0, 0.05) is 12.1 Å². The summed E-state index contributed by atoms with van der Waals surface area (Å²) < 4.78 is 24.9. The third-order valence-electron chi connectivity index (χ3n) is 3.66. The topological polar surface area (TPSA) is 15.3 Å². The van der Waals surface area contributed by atoms with Crippen molar-refractivity contribution in [1.82, 2.24) is 10.2 Å². The Balaban J connectivity index is 2.80. The average Bonchev–Trinajstić information content (AvgIpc) is 2.39. The van der Waals surface area contributed by atoms with E-state index in [0.29, 0.717) is 0 Å². The lowest BCUT2D eigenvalue weighted by Gasteiger charge is -2.32. The summed E-state index contributed by atoms with van der Waals surface area (Å²) >= 11 is 0. The maximum Gasteiger partial charge on any atom is 0.251 e. The molecule has 19 heavy (non-hydrogen) atoms. The highest BCUT2D eigenvalue weighted by Crippen LogP contribution is 2.21. The Labute approximate surface area is 114 Å². The van der Waals surface area contributed by atoms with E-state index < -0.39 is 6.43 Å². The molecular formula is C15H24F2N2. The number of hydrogen-bond donors (Lipinski definition) is 1. The lowest BCUT2D eigenvalue weighted by Crippen LogP contribution is -2.41. The molecule has 2 unspecified atom stereocenters. The van der Waals surface area contributed by atoms with E-state index in [9.17, 15) is 8.78 Å². The van der Waals surface area contributed by atoms with Crippen LogP contribution in [0.2, 0.25) is 0 Å². The van der Waals surface area contributed by atoms with E-state index in [2.05, 4.69) is 36.5 Å². The van der Waals surface area contributed by atoms with Crippen LogP contribution in [-0.2, 0) is 6.42 Å². The molecule has 1 aromatic rings. The Morgan fingerprint density at radius 3 is 2.21 bits per heavy atom. The van der Waals surface area contributed by atoms with Gasteiger partial charge in [0.25, 0.3) is 6.43 Å². The van der Waals surface area contributed by atoms with Crippen molar-refractivity contribution >= 4 is 0 Å². The number of aryl methyl sites for hydroxylation is 1. The van der Waals surface area contributed by atoms with E-state index >= 15 is 0 Å². The molecule has 0 saturated heterocycles. The molecule has 0 radical (unpaired) electrons. The van der Waals surface area contributed by atoms with Gasteiger partial charge in [-0.15, -0.1) is 0 Å². The van der Waals surface area contributed by atoms with Gasteiger partial charge in [-0.1, -0.05) is 31.2 Å². The molecule has 0 aliphatic rings. The third kappa shape index (κ3) is 4.55. The number of rotatable bonds is 7. The van der Waals surface area contributed by atoms with Gasteiger partial charge in [-0.2, -0.15) is 0 Å². The molecule has 4 heteroatoms. The van der Waals surface area contributed by atoms with Gasteiger partial charge in [0.2, 0.25) is 0 Å². The molecular weight excluding hydrogens is 246 g/mol. The minimum Gasteiger partial charge on any atom is -0.312 e. The van der Waals surface area contributed by atoms with Crippen molar-refractivity contribution < 1.29 is 8.78 Å². The molecule has 0 fully saturated rings. The van der Waals surface area contributed by atoms with Crippen LogP contribution in [0.3, 0.4) is 0 Å². The SMILES string of the molecule is CCc1ccc(C(NC)C(C)N(C)CC(F)F)cc1. The number of nitrogens with zero attached hydrogens (tertiary/aromatic N) is 1. The third-order valence-corrected chi connectivity index (χ3v) is 3.66. The lowest BCUT2D eigenvalue weighted by atomic mass is 9.98. The molecule has 0 saturated carbocycles. The number of benzene rings is 1. The predicted molar refractivity (Wildman–Crippen MR) is 75.7 cm³/mol. The molecule has 2 nitrogen and oxygen atoms in total. The zero-order valence-electron chi connectivity index (χ0n) is 12.2. The first-order chi connectivity index (χ1) is 8.99. The van der Waals surface area contributed by atoms with Crippen molar-refractivity contribution in [3.8, 4) is 0 Å². The zero-order chi connectivity index (χ0) is 14.4. The summed E-state index contributed by atoms with van der Waals surface area (Å²) in [6.45, 7) is 3.88. The summed E-state index contributed by atoms with van der Waals surface area (Å²) in [7, 11) is 3.60. The van der Waals surface area contributed by atoms with Crippen molar-refractivity contribution in [2.75, 3.05) is 20.6 Å². The van der Waals surface area contributed by atoms with Gasteiger partial charge in [0.15, 0.2) is 0 Å². The summed E-state index contributed by atoms with van der Waals surface area (Å²) in [4.78, 5) is 1.69. The highest BCUT2D eigenvalue weighted by molar-refractivity contribution is 5.26. The number of hydrogen-bond acceptors (Lipinski definition) is 2. The quantitative estimate of drug-likeness (QED) is 0.819. The van der Waals surface area contributed by atoms with E-state index in [-0.39, 0.29) is 18.6 Å². The van der Waals surface area contributed by atoms with Gasteiger partial charge >= 0.3 is 0 Å². The van der Waals surface area contributed by atoms with Gasteiger partial charge in [-0.05, 0) is 38.6 Å². The summed E-state index contributed by atoms with van der Waals surface area (Å²) in [5.74, 6) is 0. The normalized spacial score (nSPS) is 14.9. The van der Waals surface area contributed by atoms with E-state index in [1.54, 1.807) is 11.9 Å². The number of halogens is 2. The minimum atomic E-state index is -2.30. The predicted octanol–water partition coefficient (Wildman–Crippen LogP) is 3.09. The first-order valence-electron chi connectivity index (χ1n) is 6.74. The maximum atomic E-state index is 12.5. The van der Waals surface area contributed by atoms with Gasteiger partial charge < -0.3 is 5.32 Å². The summed E-state index contributed by atoms with van der Waals surface area (Å²) in [6, 6.07) is 8.40. The van der Waals surface area contributed by atoms with Crippen LogP contribution in [0, 0.1) is 0 Å². The van der Waals surface area contributed by atoms with Gasteiger partial charge in [-0.25, -0.2) is 8.78 Å². The molecule has 0 spiro atoms. The van der Waals surface area contributed by atoms with Crippen molar-refractivity contribution in [3.63, 3.8) is 0 Å². The summed E-state index contributed by atoms with van der Waals surface area (Å²) in [5.41, 5.74) is 2.42. The standard InChI is InChI=1S/C15H24F2N2/c1-5-12-6-8-13(9-7-12)15(18-3)11(2)19(4)10-14(16)17/h6-9,11,14-15,18H,5,10H2,1-4H3. The monoisotopic (exact) mass is 270 g/mol. The first kappa shape index (κ1) is 16.1. The Hall–Kier alpha value is -1.00. The molecule has 2 atom stereocenters. The van der Waals surface area contributed by atoms with Crippen LogP contribution in [0.15, 0.2) is 24.3 Å². The van der Waals surface area contributed by atoms with E-state index in [4.69, 9.17) is 0 Å². The second-order valence-corrected chi connectivity index (χ2v) is 4.93.